The summed E-state index contributed by atoms with van der Waals surface area (Å²) in [6, 6.07) is 18.4. The zero-order valence-electron chi connectivity index (χ0n) is 19.2. The second-order valence-electron chi connectivity index (χ2n) is 8.55. The Morgan fingerprint density at radius 3 is 2.32 bits per heavy atom. The Kier molecular flexibility index (Phi) is 5.66. The Labute approximate surface area is 202 Å². The standard InChI is InChI=1S/C28H24ClNO4/c1-4-17-5-9-19(10-6-17)25-24-26(31)21-14-22(29)16(2)13-23(21)34-27(24)28(32)30(25)15-18-7-11-20(33-3)12-8-18/h5-14,25H,4,15H2,1-3H3. The first-order valence-electron chi connectivity index (χ1n) is 11.2. The van der Waals surface area contributed by atoms with E-state index in [2.05, 4.69) is 6.92 Å². The lowest BCUT2D eigenvalue weighted by molar-refractivity contribution is 0.0714. The van der Waals surface area contributed by atoms with Crippen molar-refractivity contribution < 1.29 is 13.9 Å². The van der Waals surface area contributed by atoms with Crippen LogP contribution >= 0.6 is 11.6 Å². The van der Waals surface area contributed by atoms with E-state index in [1.807, 2.05) is 55.5 Å². The van der Waals surface area contributed by atoms with Crippen LogP contribution in [0.25, 0.3) is 11.0 Å². The van der Waals surface area contributed by atoms with Crippen molar-refractivity contribution in [2.45, 2.75) is 32.9 Å². The summed E-state index contributed by atoms with van der Waals surface area (Å²) in [6.45, 7) is 4.25. The molecule has 1 atom stereocenters. The van der Waals surface area contributed by atoms with E-state index in [1.54, 1.807) is 24.1 Å². The van der Waals surface area contributed by atoms with Crippen molar-refractivity contribution in [2.75, 3.05) is 7.11 Å². The number of nitrogens with zero attached hydrogens (tertiary/aromatic N) is 1. The van der Waals surface area contributed by atoms with Crippen LogP contribution in [0, 0.1) is 6.92 Å². The monoisotopic (exact) mass is 473 g/mol. The molecule has 0 bridgehead atoms. The number of benzene rings is 3. The van der Waals surface area contributed by atoms with Gasteiger partial charge in [0.05, 0.1) is 24.1 Å². The fraction of sp³-hybridized carbons (Fsp3) is 0.214. The number of methoxy groups -OCH3 is 1. The van der Waals surface area contributed by atoms with Crippen molar-refractivity contribution in [3.8, 4) is 5.75 Å². The van der Waals surface area contributed by atoms with Gasteiger partial charge < -0.3 is 14.1 Å². The first-order chi connectivity index (χ1) is 16.4. The first-order valence-corrected chi connectivity index (χ1v) is 11.6. The molecule has 172 valence electrons. The Bertz CT molecular complexity index is 1460. The smallest absolute Gasteiger partial charge is 0.291 e. The van der Waals surface area contributed by atoms with Crippen LogP contribution in [-0.4, -0.2) is 17.9 Å². The second kappa shape index (κ2) is 8.65. The average Bonchev–Trinajstić information content (AvgIpc) is 3.12. The van der Waals surface area contributed by atoms with E-state index in [0.29, 0.717) is 28.1 Å². The molecule has 1 aromatic heterocycles. The van der Waals surface area contributed by atoms with Gasteiger partial charge in [-0.05, 0) is 59.9 Å². The predicted octanol–water partition coefficient (Wildman–Crippen LogP) is 6.07. The topological polar surface area (TPSA) is 59.8 Å². The van der Waals surface area contributed by atoms with Gasteiger partial charge in [0.2, 0.25) is 5.76 Å². The molecule has 1 aliphatic rings. The second-order valence-corrected chi connectivity index (χ2v) is 8.96. The summed E-state index contributed by atoms with van der Waals surface area (Å²) in [5.74, 6) is 0.529. The van der Waals surface area contributed by atoms with Crippen LogP contribution in [0.3, 0.4) is 0 Å². The summed E-state index contributed by atoms with van der Waals surface area (Å²) in [7, 11) is 1.61. The normalized spacial score (nSPS) is 15.1. The largest absolute Gasteiger partial charge is 0.497 e. The number of carbonyl (C=O) groups excluding carboxylic acids is 1. The molecule has 5 nitrogen and oxygen atoms in total. The lowest BCUT2D eigenvalue weighted by Gasteiger charge is -2.25. The average molecular weight is 474 g/mol. The quantitative estimate of drug-likeness (QED) is 0.353. The van der Waals surface area contributed by atoms with E-state index < -0.39 is 6.04 Å². The van der Waals surface area contributed by atoms with Crippen molar-refractivity contribution in [2.24, 2.45) is 0 Å². The molecule has 0 fully saturated rings. The maximum atomic E-state index is 13.7. The molecule has 0 saturated heterocycles. The van der Waals surface area contributed by atoms with Crippen molar-refractivity contribution >= 4 is 28.5 Å². The number of carbonyl (C=O) groups is 1. The number of halogens is 1. The van der Waals surface area contributed by atoms with E-state index in [1.165, 1.54) is 5.56 Å². The molecule has 0 aliphatic carbocycles. The number of fused-ring (bicyclic) bond motifs is 2. The highest BCUT2D eigenvalue weighted by molar-refractivity contribution is 6.32. The Hall–Kier alpha value is -3.57. The molecular weight excluding hydrogens is 450 g/mol. The Balaban J connectivity index is 1.69. The van der Waals surface area contributed by atoms with Crippen LogP contribution in [0.1, 0.15) is 51.3 Å². The zero-order chi connectivity index (χ0) is 24.0. The van der Waals surface area contributed by atoms with Crippen LogP contribution in [0.5, 0.6) is 5.75 Å². The maximum absolute atomic E-state index is 13.7. The van der Waals surface area contributed by atoms with E-state index in [0.717, 1.165) is 28.9 Å². The molecule has 3 aromatic carbocycles. The van der Waals surface area contributed by atoms with E-state index >= 15 is 0 Å². The van der Waals surface area contributed by atoms with Gasteiger partial charge in [-0.25, -0.2) is 0 Å². The van der Waals surface area contributed by atoms with Crippen LogP contribution in [-0.2, 0) is 13.0 Å². The van der Waals surface area contributed by atoms with Crippen LogP contribution in [0.15, 0.2) is 69.9 Å². The molecule has 4 aromatic rings. The lowest BCUT2D eigenvalue weighted by atomic mass is 9.96. The molecule has 1 amide bonds. The highest BCUT2D eigenvalue weighted by Crippen LogP contribution is 2.39. The summed E-state index contributed by atoms with van der Waals surface area (Å²) in [4.78, 5) is 29.0. The molecule has 2 heterocycles. The number of rotatable bonds is 5. The molecule has 1 unspecified atom stereocenters. The molecule has 0 spiro atoms. The van der Waals surface area contributed by atoms with Gasteiger partial charge in [0, 0.05) is 11.6 Å². The minimum atomic E-state index is -0.559. The fourth-order valence-corrected chi connectivity index (χ4v) is 4.68. The SMILES string of the molecule is CCc1ccc(C2c3c(oc4cc(C)c(Cl)cc4c3=O)C(=O)N2Cc2ccc(OC)cc2)cc1. The lowest BCUT2D eigenvalue weighted by Crippen LogP contribution is -2.29. The third-order valence-corrected chi connectivity index (χ3v) is 6.87. The van der Waals surface area contributed by atoms with Gasteiger partial charge in [0.25, 0.3) is 5.91 Å². The number of hydrogen-bond acceptors (Lipinski definition) is 4. The van der Waals surface area contributed by atoms with E-state index in [9.17, 15) is 9.59 Å². The first kappa shape index (κ1) is 22.2. The summed E-state index contributed by atoms with van der Waals surface area (Å²) >= 11 is 6.32. The van der Waals surface area contributed by atoms with Gasteiger partial charge in [-0.3, -0.25) is 9.59 Å². The van der Waals surface area contributed by atoms with Crippen LogP contribution < -0.4 is 10.2 Å². The molecule has 5 rings (SSSR count). The predicted molar refractivity (Wildman–Crippen MR) is 133 cm³/mol. The minimum Gasteiger partial charge on any atom is -0.497 e. The molecule has 6 heteroatoms. The van der Waals surface area contributed by atoms with Gasteiger partial charge in [0.15, 0.2) is 5.43 Å². The van der Waals surface area contributed by atoms with E-state index in [-0.39, 0.29) is 17.1 Å². The number of hydrogen-bond donors (Lipinski definition) is 0. The van der Waals surface area contributed by atoms with Crippen LogP contribution in [0.4, 0.5) is 0 Å². The molecule has 1 aliphatic heterocycles. The van der Waals surface area contributed by atoms with Gasteiger partial charge in [-0.15, -0.1) is 0 Å². The third kappa shape index (κ3) is 3.66. The van der Waals surface area contributed by atoms with Gasteiger partial charge in [-0.1, -0.05) is 54.9 Å². The number of amides is 1. The number of ether oxygens (including phenoxy) is 1. The number of aryl methyl sites for hydroxylation is 2. The molecule has 34 heavy (non-hydrogen) atoms. The van der Waals surface area contributed by atoms with Crippen molar-refractivity contribution in [1.29, 1.82) is 0 Å². The highest BCUT2D eigenvalue weighted by Gasteiger charge is 2.42. The van der Waals surface area contributed by atoms with E-state index in [4.69, 9.17) is 20.8 Å². The van der Waals surface area contributed by atoms with Gasteiger partial charge >= 0.3 is 0 Å². The van der Waals surface area contributed by atoms with Crippen LogP contribution in [0.2, 0.25) is 5.02 Å². The zero-order valence-corrected chi connectivity index (χ0v) is 20.0. The molecular formula is C28H24ClNO4. The maximum Gasteiger partial charge on any atom is 0.291 e. The van der Waals surface area contributed by atoms with Crippen molar-refractivity contribution in [1.82, 2.24) is 4.90 Å². The third-order valence-electron chi connectivity index (χ3n) is 6.46. The summed E-state index contributed by atoms with van der Waals surface area (Å²) in [6.07, 6.45) is 0.903. The molecule has 0 radical (unpaired) electrons. The fourth-order valence-electron chi connectivity index (χ4n) is 4.51. The Morgan fingerprint density at radius 1 is 1.00 bits per heavy atom. The summed E-state index contributed by atoms with van der Waals surface area (Å²) in [5, 5.41) is 0.867. The molecule has 0 N–H and O–H groups in total. The summed E-state index contributed by atoms with van der Waals surface area (Å²) in [5.41, 5.74) is 4.25. The minimum absolute atomic E-state index is 0.0947. The van der Waals surface area contributed by atoms with Crippen molar-refractivity contribution in [3.63, 3.8) is 0 Å². The van der Waals surface area contributed by atoms with Gasteiger partial charge in [-0.2, -0.15) is 0 Å². The Morgan fingerprint density at radius 2 is 1.68 bits per heavy atom. The summed E-state index contributed by atoms with van der Waals surface area (Å²) < 4.78 is 11.3. The highest BCUT2D eigenvalue weighted by atomic mass is 35.5. The molecule has 0 saturated carbocycles. The van der Waals surface area contributed by atoms with Gasteiger partial charge in [0.1, 0.15) is 11.3 Å². The van der Waals surface area contributed by atoms with Crippen molar-refractivity contribution in [3.05, 3.63) is 109 Å².